The van der Waals surface area contributed by atoms with Gasteiger partial charge in [-0.1, -0.05) is 30.3 Å². The topological polar surface area (TPSA) is 110 Å². The smallest absolute Gasteiger partial charge is 0.238 e. The fourth-order valence-corrected chi connectivity index (χ4v) is 3.63. The minimum atomic E-state index is -3.74. The molecule has 8 heteroatoms. The number of aryl methyl sites for hydroxylation is 1. The van der Waals surface area contributed by atoms with Crippen LogP contribution in [0, 0.1) is 12.8 Å². The Morgan fingerprint density at radius 2 is 1.85 bits per heavy atom. The zero-order valence-electron chi connectivity index (χ0n) is 14.9. The lowest BCUT2D eigenvalue weighted by molar-refractivity contribution is -0.126. The van der Waals surface area contributed by atoms with E-state index in [1.54, 1.807) is 17.0 Å². The zero-order valence-corrected chi connectivity index (χ0v) is 15.7. The number of primary sulfonamides is 1. The Labute approximate surface area is 158 Å². The first-order valence-electron chi connectivity index (χ1n) is 8.51. The molecule has 3 N–H and O–H groups in total. The van der Waals surface area contributed by atoms with Gasteiger partial charge in [0.2, 0.25) is 21.8 Å². The van der Waals surface area contributed by atoms with Crippen molar-refractivity contribution in [1.82, 2.24) is 5.32 Å². The van der Waals surface area contributed by atoms with Crippen LogP contribution in [-0.2, 0) is 26.2 Å². The molecule has 0 saturated carbocycles. The summed E-state index contributed by atoms with van der Waals surface area (Å²) in [5.41, 5.74) is 2.56. The van der Waals surface area contributed by atoms with Crippen molar-refractivity contribution in [2.45, 2.75) is 24.8 Å². The molecule has 142 valence electrons. The molecule has 3 rings (SSSR count). The second-order valence-corrected chi connectivity index (χ2v) is 8.16. The van der Waals surface area contributed by atoms with E-state index in [1.807, 2.05) is 31.2 Å². The maximum absolute atomic E-state index is 12.4. The van der Waals surface area contributed by atoms with Gasteiger partial charge in [0, 0.05) is 25.2 Å². The van der Waals surface area contributed by atoms with Crippen LogP contribution in [0.25, 0.3) is 0 Å². The summed E-state index contributed by atoms with van der Waals surface area (Å²) in [6.07, 6.45) is 0.171. The minimum Gasteiger partial charge on any atom is -0.352 e. The maximum Gasteiger partial charge on any atom is 0.238 e. The van der Waals surface area contributed by atoms with Gasteiger partial charge in [-0.25, -0.2) is 13.6 Å². The molecule has 1 aliphatic rings. The third-order valence-corrected chi connectivity index (χ3v) is 5.55. The Balaban J connectivity index is 1.61. The predicted octanol–water partition coefficient (Wildman–Crippen LogP) is 1.31. The number of sulfonamides is 1. The number of nitrogens with zero attached hydrogens (tertiary/aromatic N) is 1. The van der Waals surface area contributed by atoms with Gasteiger partial charge in [-0.2, -0.15) is 0 Å². The summed E-state index contributed by atoms with van der Waals surface area (Å²) in [5, 5.41) is 7.87. The summed E-state index contributed by atoms with van der Waals surface area (Å²) in [7, 11) is -3.74. The molecule has 1 aliphatic heterocycles. The molecule has 0 aliphatic carbocycles. The van der Waals surface area contributed by atoms with Crippen molar-refractivity contribution >= 4 is 27.5 Å². The fourth-order valence-electron chi connectivity index (χ4n) is 3.11. The molecule has 2 aromatic rings. The third kappa shape index (κ3) is 4.35. The van der Waals surface area contributed by atoms with Gasteiger partial charge >= 0.3 is 0 Å². The number of rotatable bonds is 5. The highest BCUT2D eigenvalue weighted by atomic mass is 32.2. The minimum absolute atomic E-state index is 0.0211. The van der Waals surface area contributed by atoms with E-state index in [2.05, 4.69) is 5.32 Å². The molecule has 27 heavy (non-hydrogen) atoms. The van der Waals surface area contributed by atoms with E-state index in [9.17, 15) is 18.0 Å². The van der Waals surface area contributed by atoms with Crippen LogP contribution in [0.4, 0.5) is 5.69 Å². The Kier molecular flexibility index (Phi) is 5.29. The lowest BCUT2D eigenvalue weighted by atomic mass is 10.1. The van der Waals surface area contributed by atoms with Crippen LogP contribution in [0.2, 0.25) is 0 Å². The van der Waals surface area contributed by atoms with Gasteiger partial charge in [-0.05, 0) is 36.2 Å². The maximum atomic E-state index is 12.4. The van der Waals surface area contributed by atoms with E-state index < -0.39 is 15.9 Å². The van der Waals surface area contributed by atoms with Gasteiger partial charge in [-0.3, -0.25) is 9.59 Å². The highest BCUT2D eigenvalue weighted by Crippen LogP contribution is 2.27. The number of nitrogens with two attached hydrogens (primary N) is 1. The van der Waals surface area contributed by atoms with Crippen LogP contribution in [-0.4, -0.2) is 26.8 Å². The van der Waals surface area contributed by atoms with Gasteiger partial charge < -0.3 is 10.2 Å². The SMILES string of the molecule is Cc1ccccc1N1C[C@H](C(=O)NCc2ccc(S(N)(=O)=O)cc2)CC1=O. The van der Waals surface area contributed by atoms with Crippen LogP contribution in [0.3, 0.4) is 0 Å². The van der Waals surface area contributed by atoms with Crippen LogP contribution in [0.15, 0.2) is 53.4 Å². The molecule has 2 amide bonds. The average Bonchev–Trinajstić information content (AvgIpc) is 3.01. The van der Waals surface area contributed by atoms with Crippen LogP contribution in [0.5, 0.6) is 0 Å². The zero-order chi connectivity index (χ0) is 19.6. The Hall–Kier alpha value is -2.71. The molecular formula is C19H21N3O4S. The molecule has 0 radical (unpaired) electrons. The number of para-hydroxylation sites is 1. The third-order valence-electron chi connectivity index (χ3n) is 4.62. The average molecular weight is 387 g/mol. The van der Waals surface area contributed by atoms with E-state index in [1.165, 1.54) is 12.1 Å². The first kappa shape index (κ1) is 19.1. The number of hydrogen-bond acceptors (Lipinski definition) is 4. The summed E-state index contributed by atoms with van der Waals surface area (Å²) >= 11 is 0. The monoisotopic (exact) mass is 387 g/mol. The predicted molar refractivity (Wildman–Crippen MR) is 101 cm³/mol. The molecule has 0 bridgehead atoms. The number of hydrogen-bond donors (Lipinski definition) is 2. The highest BCUT2D eigenvalue weighted by Gasteiger charge is 2.35. The van der Waals surface area contributed by atoms with Crippen molar-refractivity contribution in [3.63, 3.8) is 0 Å². The largest absolute Gasteiger partial charge is 0.352 e. The molecule has 2 aromatic carbocycles. The molecular weight excluding hydrogens is 366 g/mol. The highest BCUT2D eigenvalue weighted by molar-refractivity contribution is 7.89. The first-order valence-corrected chi connectivity index (χ1v) is 10.1. The van der Waals surface area contributed by atoms with Gasteiger partial charge in [0.05, 0.1) is 10.8 Å². The molecule has 1 atom stereocenters. The number of carbonyl (C=O) groups excluding carboxylic acids is 2. The Morgan fingerprint density at radius 3 is 2.48 bits per heavy atom. The number of anilines is 1. The van der Waals surface area contributed by atoms with E-state index in [0.29, 0.717) is 6.54 Å². The Bertz CT molecular complexity index is 971. The normalized spacial score (nSPS) is 17.2. The van der Waals surface area contributed by atoms with Crippen LogP contribution >= 0.6 is 0 Å². The Morgan fingerprint density at radius 1 is 1.19 bits per heavy atom. The van der Waals surface area contributed by atoms with E-state index in [4.69, 9.17) is 5.14 Å². The van der Waals surface area contributed by atoms with Gasteiger partial charge in [-0.15, -0.1) is 0 Å². The van der Waals surface area contributed by atoms with Crippen molar-refractivity contribution in [2.24, 2.45) is 11.1 Å². The van der Waals surface area contributed by atoms with E-state index >= 15 is 0 Å². The molecule has 1 fully saturated rings. The standard InChI is InChI=1S/C19H21N3O4S/c1-13-4-2-3-5-17(13)22-12-15(10-18(22)23)19(24)21-11-14-6-8-16(9-7-14)27(20,25)26/h2-9,15H,10-12H2,1H3,(H,21,24)(H2,20,25,26)/t15-/m1/s1. The lowest BCUT2D eigenvalue weighted by Crippen LogP contribution is -2.32. The number of carbonyl (C=O) groups is 2. The molecule has 1 heterocycles. The van der Waals surface area contributed by atoms with Gasteiger partial charge in [0.25, 0.3) is 0 Å². The van der Waals surface area contributed by atoms with Crippen molar-refractivity contribution in [1.29, 1.82) is 0 Å². The molecule has 0 unspecified atom stereocenters. The summed E-state index contributed by atoms with van der Waals surface area (Å²) in [6, 6.07) is 13.6. The van der Waals surface area contributed by atoms with Crippen molar-refractivity contribution in [2.75, 3.05) is 11.4 Å². The second-order valence-electron chi connectivity index (χ2n) is 6.60. The molecule has 7 nitrogen and oxygen atoms in total. The number of benzene rings is 2. The molecule has 0 spiro atoms. The van der Waals surface area contributed by atoms with E-state index in [-0.39, 0.29) is 29.7 Å². The van der Waals surface area contributed by atoms with Crippen LogP contribution in [0.1, 0.15) is 17.5 Å². The van der Waals surface area contributed by atoms with Crippen molar-refractivity contribution < 1.29 is 18.0 Å². The number of nitrogens with one attached hydrogen (secondary N) is 1. The number of amides is 2. The second kappa shape index (κ2) is 7.50. The first-order chi connectivity index (χ1) is 12.8. The quantitative estimate of drug-likeness (QED) is 0.806. The lowest BCUT2D eigenvalue weighted by Gasteiger charge is -2.19. The van der Waals surface area contributed by atoms with Crippen LogP contribution < -0.4 is 15.4 Å². The molecule has 0 aromatic heterocycles. The van der Waals surface area contributed by atoms with Crippen molar-refractivity contribution in [3.8, 4) is 0 Å². The molecule has 1 saturated heterocycles. The van der Waals surface area contributed by atoms with E-state index in [0.717, 1.165) is 16.8 Å². The summed E-state index contributed by atoms with van der Waals surface area (Å²) in [4.78, 5) is 26.4. The fraction of sp³-hybridized carbons (Fsp3) is 0.263. The van der Waals surface area contributed by atoms with Gasteiger partial charge in [0.1, 0.15) is 0 Å². The van der Waals surface area contributed by atoms with Crippen molar-refractivity contribution in [3.05, 3.63) is 59.7 Å². The van der Waals surface area contributed by atoms with Gasteiger partial charge in [0.15, 0.2) is 0 Å². The summed E-state index contributed by atoms with van der Waals surface area (Å²) in [6.45, 7) is 2.53. The summed E-state index contributed by atoms with van der Waals surface area (Å²) in [5.74, 6) is -0.683. The summed E-state index contributed by atoms with van der Waals surface area (Å²) < 4.78 is 22.5.